The minimum Gasteiger partial charge on any atom is -0.361 e. The Hall–Kier alpha value is -3.30. The van der Waals surface area contributed by atoms with Crippen molar-refractivity contribution in [2.75, 3.05) is 11.9 Å². The highest BCUT2D eigenvalue weighted by molar-refractivity contribution is 6.76. The molecule has 0 radical (unpaired) electrons. The number of hydrogen-bond acceptors (Lipinski definition) is 6. The fourth-order valence-corrected chi connectivity index (χ4v) is 4.45. The average Bonchev–Trinajstić information content (AvgIpc) is 3.46. The smallest absolute Gasteiger partial charge is 0.165 e. The van der Waals surface area contributed by atoms with Gasteiger partial charge in [0.2, 0.25) is 0 Å². The summed E-state index contributed by atoms with van der Waals surface area (Å²) in [6.45, 7) is 12.3. The summed E-state index contributed by atoms with van der Waals surface area (Å²) in [6.07, 6.45) is 8.34. The number of hydrogen-bond donors (Lipinski definition) is 1. The van der Waals surface area contributed by atoms with Crippen molar-refractivity contribution in [1.82, 2.24) is 24.1 Å². The van der Waals surface area contributed by atoms with Gasteiger partial charge in [-0.05, 0) is 23.6 Å². The van der Waals surface area contributed by atoms with Crippen molar-refractivity contribution in [3.63, 3.8) is 0 Å². The highest BCUT2D eigenvalue weighted by Gasteiger charge is 2.15. The largest absolute Gasteiger partial charge is 0.361 e. The molecule has 0 amide bonds. The fourth-order valence-electron chi connectivity index (χ4n) is 3.70. The first kappa shape index (κ1) is 24.8. The summed E-state index contributed by atoms with van der Waals surface area (Å²) in [7, 11) is -1.11. The highest BCUT2D eigenvalue weighted by atomic mass is 28.3. The third-order valence-corrected chi connectivity index (χ3v) is 7.65. The molecule has 0 aliphatic heterocycles. The van der Waals surface area contributed by atoms with Crippen molar-refractivity contribution >= 4 is 25.8 Å². The van der Waals surface area contributed by atoms with Crippen LogP contribution in [0.3, 0.4) is 0 Å². The summed E-state index contributed by atoms with van der Waals surface area (Å²) in [6, 6.07) is 10.9. The van der Waals surface area contributed by atoms with E-state index in [0.29, 0.717) is 12.5 Å². The van der Waals surface area contributed by atoms with E-state index in [4.69, 9.17) is 9.72 Å². The van der Waals surface area contributed by atoms with Gasteiger partial charge in [0.05, 0.1) is 12.2 Å². The van der Waals surface area contributed by atoms with Gasteiger partial charge in [0.25, 0.3) is 0 Å². The lowest BCUT2D eigenvalue weighted by molar-refractivity contribution is -0.109. The maximum absolute atomic E-state index is 11.4. The SMILES string of the molecule is CC(C)[C@@H](C=O)Nc1ccn2ncc(-c3ccc(-c4nccn4COCC[Si](C)(C)C)cc3)c2n1. The Morgan fingerprint density at radius 3 is 2.51 bits per heavy atom. The molecule has 4 rings (SSSR count). The van der Waals surface area contributed by atoms with Gasteiger partial charge in [-0.2, -0.15) is 5.10 Å². The minimum absolute atomic E-state index is 0.167. The molecule has 0 aliphatic rings. The van der Waals surface area contributed by atoms with E-state index in [9.17, 15) is 4.79 Å². The zero-order chi connectivity index (χ0) is 25.0. The van der Waals surface area contributed by atoms with Crippen LogP contribution in [-0.2, 0) is 16.3 Å². The molecule has 9 heteroatoms. The number of aromatic nitrogens is 5. The number of anilines is 1. The summed E-state index contributed by atoms with van der Waals surface area (Å²) in [5, 5.41) is 7.65. The van der Waals surface area contributed by atoms with Gasteiger partial charge in [0, 0.05) is 44.4 Å². The Kier molecular flexibility index (Phi) is 7.47. The van der Waals surface area contributed by atoms with Crippen LogP contribution in [0.2, 0.25) is 25.7 Å². The number of benzene rings is 1. The third kappa shape index (κ3) is 6.04. The monoisotopic (exact) mass is 490 g/mol. The number of nitrogens with zero attached hydrogens (tertiary/aromatic N) is 5. The molecule has 0 aliphatic carbocycles. The molecule has 3 aromatic heterocycles. The third-order valence-electron chi connectivity index (χ3n) is 5.94. The Balaban J connectivity index is 1.52. The number of aldehydes is 1. The average molecular weight is 491 g/mol. The molecule has 0 unspecified atom stereocenters. The molecular weight excluding hydrogens is 456 g/mol. The van der Waals surface area contributed by atoms with Gasteiger partial charge >= 0.3 is 0 Å². The first-order valence-electron chi connectivity index (χ1n) is 12.0. The van der Waals surface area contributed by atoms with Gasteiger partial charge in [-0.15, -0.1) is 0 Å². The van der Waals surface area contributed by atoms with Crippen LogP contribution in [0.15, 0.2) is 55.1 Å². The predicted octanol–water partition coefficient (Wildman–Crippen LogP) is 5.21. The van der Waals surface area contributed by atoms with Crippen LogP contribution < -0.4 is 5.32 Å². The summed E-state index contributed by atoms with van der Waals surface area (Å²) >= 11 is 0. The zero-order valence-electron chi connectivity index (χ0n) is 21.1. The molecule has 1 N–H and O–H groups in total. The molecule has 35 heavy (non-hydrogen) atoms. The number of nitrogens with one attached hydrogen (secondary N) is 1. The van der Waals surface area contributed by atoms with E-state index < -0.39 is 8.07 Å². The van der Waals surface area contributed by atoms with E-state index in [0.717, 1.165) is 47.1 Å². The minimum atomic E-state index is -1.11. The van der Waals surface area contributed by atoms with Gasteiger partial charge < -0.3 is 19.4 Å². The number of imidazole rings is 1. The lowest BCUT2D eigenvalue weighted by atomic mass is 10.1. The summed E-state index contributed by atoms with van der Waals surface area (Å²) in [4.78, 5) is 20.7. The topological polar surface area (TPSA) is 86.3 Å². The normalized spacial score (nSPS) is 12.9. The molecule has 0 fully saturated rings. The van der Waals surface area contributed by atoms with Crippen LogP contribution >= 0.6 is 0 Å². The first-order chi connectivity index (χ1) is 16.7. The van der Waals surface area contributed by atoms with Crippen molar-refractivity contribution in [3.05, 3.63) is 55.1 Å². The quantitative estimate of drug-likeness (QED) is 0.176. The van der Waals surface area contributed by atoms with Crippen molar-refractivity contribution in [2.24, 2.45) is 5.92 Å². The van der Waals surface area contributed by atoms with Gasteiger partial charge in [-0.1, -0.05) is 57.8 Å². The predicted molar refractivity (Wildman–Crippen MR) is 142 cm³/mol. The Labute approximate surface area is 207 Å². The molecule has 1 aromatic carbocycles. The lowest BCUT2D eigenvalue weighted by Gasteiger charge is -2.16. The molecule has 0 bridgehead atoms. The first-order valence-corrected chi connectivity index (χ1v) is 15.7. The number of ether oxygens (including phenoxy) is 1. The van der Waals surface area contributed by atoms with Gasteiger partial charge in [-0.3, -0.25) is 0 Å². The zero-order valence-corrected chi connectivity index (χ0v) is 22.1. The van der Waals surface area contributed by atoms with Gasteiger partial charge in [-0.25, -0.2) is 14.5 Å². The van der Waals surface area contributed by atoms with E-state index in [1.54, 1.807) is 10.7 Å². The Morgan fingerprint density at radius 1 is 1.09 bits per heavy atom. The van der Waals surface area contributed by atoms with Gasteiger partial charge in [0.1, 0.15) is 24.7 Å². The lowest BCUT2D eigenvalue weighted by Crippen LogP contribution is -2.27. The second kappa shape index (κ2) is 10.5. The molecule has 0 spiro atoms. The van der Waals surface area contributed by atoms with Gasteiger partial charge in [0.15, 0.2) is 5.65 Å². The Morgan fingerprint density at radius 2 is 1.83 bits per heavy atom. The summed E-state index contributed by atoms with van der Waals surface area (Å²) in [5.41, 5.74) is 3.68. The number of rotatable bonds is 11. The highest BCUT2D eigenvalue weighted by Crippen LogP contribution is 2.27. The molecule has 184 valence electrons. The van der Waals surface area contributed by atoms with E-state index in [2.05, 4.69) is 59.3 Å². The molecular formula is C26H34N6O2Si. The van der Waals surface area contributed by atoms with Crippen LogP contribution in [0.4, 0.5) is 5.82 Å². The number of carbonyl (C=O) groups excluding carboxylic acids is 1. The molecule has 0 saturated heterocycles. The summed E-state index contributed by atoms with van der Waals surface area (Å²) in [5.74, 6) is 1.70. The van der Waals surface area contributed by atoms with Crippen LogP contribution in [0.1, 0.15) is 13.8 Å². The van der Waals surface area contributed by atoms with Crippen molar-refractivity contribution in [2.45, 2.75) is 52.3 Å². The van der Waals surface area contributed by atoms with E-state index >= 15 is 0 Å². The van der Waals surface area contributed by atoms with Crippen molar-refractivity contribution in [3.8, 4) is 22.5 Å². The maximum Gasteiger partial charge on any atom is 0.165 e. The standard InChI is InChI=1S/C26H34N6O2Si/c1-19(2)23(17-33)29-24-10-12-32-26(30-24)22(16-28-32)20-6-8-21(9-7-20)25-27-11-13-31(25)18-34-14-15-35(3,4)5/h6-13,16-17,19,23H,14-15,18H2,1-5H3,(H,29,30)/t23-/m1/s1. The van der Waals surface area contributed by atoms with Crippen LogP contribution in [0.25, 0.3) is 28.2 Å². The van der Waals surface area contributed by atoms with E-state index in [1.807, 2.05) is 43.1 Å². The fraction of sp³-hybridized carbons (Fsp3) is 0.385. The molecule has 8 nitrogen and oxygen atoms in total. The Bertz CT molecular complexity index is 1270. The second-order valence-electron chi connectivity index (χ2n) is 10.3. The summed E-state index contributed by atoms with van der Waals surface area (Å²) < 4.78 is 9.69. The molecule has 1 atom stereocenters. The molecule has 0 saturated carbocycles. The van der Waals surface area contributed by atoms with Crippen LogP contribution in [0, 0.1) is 5.92 Å². The molecule has 4 aromatic rings. The molecule has 3 heterocycles. The van der Waals surface area contributed by atoms with E-state index in [-0.39, 0.29) is 12.0 Å². The number of carbonyl (C=O) groups is 1. The van der Waals surface area contributed by atoms with Crippen LogP contribution in [0.5, 0.6) is 0 Å². The number of fused-ring (bicyclic) bond motifs is 1. The van der Waals surface area contributed by atoms with Crippen molar-refractivity contribution in [1.29, 1.82) is 0 Å². The van der Waals surface area contributed by atoms with E-state index in [1.165, 1.54) is 0 Å². The maximum atomic E-state index is 11.4. The van der Waals surface area contributed by atoms with Crippen LogP contribution in [-0.4, -0.2) is 51.2 Å². The second-order valence-corrected chi connectivity index (χ2v) is 16.0. The van der Waals surface area contributed by atoms with Crippen molar-refractivity contribution < 1.29 is 9.53 Å².